The van der Waals surface area contributed by atoms with Gasteiger partial charge < -0.3 is 19.8 Å². The van der Waals surface area contributed by atoms with Crippen molar-refractivity contribution in [1.82, 2.24) is 19.6 Å². The quantitative estimate of drug-likeness (QED) is 0.314. The molecule has 5 rings (SSSR count). The van der Waals surface area contributed by atoms with Crippen molar-refractivity contribution in [2.75, 3.05) is 18.0 Å². The summed E-state index contributed by atoms with van der Waals surface area (Å²) in [5.41, 5.74) is 1.65. The predicted molar refractivity (Wildman–Crippen MR) is 151 cm³/mol. The van der Waals surface area contributed by atoms with Crippen LogP contribution in [0.15, 0.2) is 36.5 Å². The first kappa shape index (κ1) is 28.1. The lowest BCUT2D eigenvalue weighted by Crippen LogP contribution is -2.44. The lowest BCUT2D eigenvalue weighted by molar-refractivity contribution is -0.160. The number of carbonyl (C=O) groups is 1. The van der Waals surface area contributed by atoms with E-state index < -0.39 is 23.3 Å². The number of aromatic nitrogens is 4. The molecule has 0 amide bonds. The highest BCUT2D eigenvalue weighted by Crippen LogP contribution is 2.38. The molecule has 11 heteroatoms. The van der Waals surface area contributed by atoms with Gasteiger partial charge >= 0.3 is 5.97 Å². The number of carboxylic acid groups (broad SMARTS) is 1. The van der Waals surface area contributed by atoms with E-state index in [2.05, 4.69) is 9.88 Å². The van der Waals surface area contributed by atoms with Gasteiger partial charge in [0.2, 0.25) is 0 Å². The highest BCUT2D eigenvalue weighted by atomic mass is 32.1. The third-order valence-corrected chi connectivity index (χ3v) is 7.99. The van der Waals surface area contributed by atoms with Gasteiger partial charge in [-0.25, -0.2) is 19.2 Å². The molecule has 40 heavy (non-hydrogen) atoms. The number of fused-ring (bicyclic) bond motifs is 1. The number of carboxylic acids is 1. The Bertz CT molecular complexity index is 1530. The molecule has 4 heterocycles. The van der Waals surface area contributed by atoms with Crippen molar-refractivity contribution in [1.29, 1.82) is 0 Å². The van der Waals surface area contributed by atoms with Crippen molar-refractivity contribution < 1.29 is 24.1 Å². The Hall–Kier alpha value is -3.41. The third-order valence-electron chi connectivity index (χ3n) is 6.97. The van der Waals surface area contributed by atoms with Crippen LogP contribution in [0.1, 0.15) is 68.3 Å². The highest BCUT2D eigenvalue weighted by Gasteiger charge is 2.37. The summed E-state index contributed by atoms with van der Waals surface area (Å²) < 4.78 is 21.0. The molecule has 0 saturated carbocycles. The zero-order chi connectivity index (χ0) is 28.8. The predicted octanol–water partition coefficient (Wildman–Crippen LogP) is 5.18. The molecule has 1 aliphatic heterocycles. The van der Waals surface area contributed by atoms with Crippen molar-refractivity contribution in [2.24, 2.45) is 0 Å². The first-order valence-corrected chi connectivity index (χ1v) is 14.1. The molecule has 1 fully saturated rings. The minimum absolute atomic E-state index is 0.272. The molecular formula is C29H34FN5O4S. The Morgan fingerprint density at radius 1 is 1.23 bits per heavy atom. The van der Waals surface area contributed by atoms with Crippen LogP contribution in [0.25, 0.3) is 16.3 Å². The topological polar surface area (TPSA) is 113 Å². The van der Waals surface area contributed by atoms with E-state index in [-0.39, 0.29) is 5.82 Å². The van der Waals surface area contributed by atoms with Gasteiger partial charge in [-0.15, -0.1) is 11.3 Å². The zero-order valence-electron chi connectivity index (χ0n) is 23.3. The third kappa shape index (κ3) is 6.01. The highest BCUT2D eigenvalue weighted by molar-refractivity contribution is 7.15. The number of anilines is 1. The number of nitrogens with zero attached hydrogens (tertiary/aromatic N) is 5. The number of thiazole rings is 1. The van der Waals surface area contributed by atoms with Crippen LogP contribution in [0.4, 0.5) is 10.2 Å². The Labute approximate surface area is 236 Å². The van der Waals surface area contributed by atoms with E-state index in [1.54, 1.807) is 29.8 Å². The van der Waals surface area contributed by atoms with Gasteiger partial charge in [-0.2, -0.15) is 9.61 Å². The molecule has 0 radical (unpaired) electrons. The van der Waals surface area contributed by atoms with Gasteiger partial charge in [-0.3, -0.25) is 0 Å². The number of aliphatic hydroxyl groups is 1. The Morgan fingerprint density at radius 3 is 2.52 bits per heavy atom. The number of rotatable bonds is 7. The van der Waals surface area contributed by atoms with Crippen LogP contribution in [0.2, 0.25) is 0 Å². The minimum Gasteiger partial charge on any atom is -0.479 e. The molecule has 1 aliphatic rings. The maximum Gasteiger partial charge on any atom is 0.337 e. The molecule has 2 N–H and O–H groups in total. The van der Waals surface area contributed by atoms with Gasteiger partial charge in [-0.05, 0) is 65.2 Å². The van der Waals surface area contributed by atoms with Gasteiger partial charge in [-0.1, -0.05) is 12.1 Å². The average Bonchev–Trinajstić information content (AvgIpc) is 3.50. The second-order valence-electron chi connectivity index (χ2n) is 11.6. The fraction of sp³-hybridized carbons (Fsp3) is 0.448. The number of aryl methyl sites for hydroxylation is 1. The SMILES string of the molecule is Cc1nc2cc(-c3ncc(Cc4ccc(F)cc4)s3)nn2c(N2CCC(C)(O)CC2)c1C(OC(C)(C)C)C(=O)O. The molecule has 0 aliphatic carbocycles. The van der Waals surface area contributed by atoms with Crippen LogP contribution >= 0.6 is 11.3 Å². The largest absolute Gasteiger partial charge is 0.479 e. The fourth-order valence-corrected chi connectivity index (χ4v) is 5.83. The molecule has 9 nitrogen and oxygen atoms in total. The number of ether oxygens (including phenoxy) is 1. The van der Waals surface area contributed by atoms with E-state index in [9.17, 15) is 19.4 Å². The van der Waals surface area contributed by atoms with Crippen molar-refractivity contribution in [3.05, 3.63) is 64.0 Å². The first-order chi connectivity index (χ1) is 18.8. The van der Waals surface area contributed by atoms with E-state index >= 15 is 0 Å². The lowest BCUT2D eigenvalue weighted by Gasteiger charge is -2.38. The number of piperidine rings is 1. The van der Waals surface area contributed by atoms with Crippen LogP contribution in [0.3, 0.4) is 0 Å². The molecule has 3 aromatic heterocycles. The molecule has 212 valence electrons. The number of hydrogen-bond donors (Lipinski definition) is 2. The van der Waals surface area contributed by atoms with E-state index in [1.165, 1.54) is 23.5 Å². The monoisotopic (exact) mass is 567 g/mol. The smallest absolute Gasteiger partial charge is 0.337 e. The molecule has 1 atom stereocenters. The molecule has 1 aromatic carbocycles. The molecule has 1 saturated heterocycles. The maximum atomic E-state index is 13.3. The summed E-state index contributed by atoms with van der Waals surface area (Å²) in [6, 6.07) is 8.26. The van der Waals surface area contributed by atoms with Crippen molar-refractivity contribution in [2.45, 2.75) is 71.2 Å². The fourth-order valence-electron chi connectivity index (χ4n) is 4.93. The summed E-state index contributed by atoms with van der Waals surface area (Å²) in [4.78, 5) is 24.9. The molecular weight excluding hydrogens is 533 g/mol. The summed E-state index contributed by atoms with van der Waals surface area (Å²) in [6.07, 6.45) is 2.21. The van der Waals surface area contributed by atoms with Crippen molar-refractivity contribution in [3.8, 4) is 10.7 Å². The summed E-state index contributed by atoms with van der Waals surface area (Å²) in [6.45, 7) is 10.1. The second-order valence-corrected chi connectivity index (χ2v) is 12.7. The van der Waals surface area contributed by atoms with E-state index in [0.717, 1.165) is 10.4 Å². The molecule has 1 unspecified atom stereocenters. The number of hydrogen-bond acceptors (Lipinski definition) is 8. The van der Waals surface area contributed by atoms with Crippen molar-refractivity contribution in [3.63, 3.8) is 0 Å². The van der Waals surface area contributed by atoms with Gasteiger partial charge in [0.05, 0.1) is 16.8 Å². The normalized spacial score (nSPS) is 16.4. The van der Waals surface area contributed by atoms with E-state index in [1.807, 2.05) is 33.8 Å². The summed E-state index contributed by atoms with van der Waals surface area (Å²) in [7, 11) is 0. The summed E-state index contributed by atoms with van der Waals surface area (Å²) in [5, 5.41) is 26.4. The number of benzene rings is 1. The van der Waals surface area contributed by atoms with E-state index in [0.29, 0.717) is 65.8 Å². The lowest BCUT2D eigenvalue weighted by atomic mass is 9.93. The molecule has 0 bridgehead atoms. The van der Waals surface area contributed by atoms with Crippen molar-refractivity contribution >= 4 is 28.8 Å². The minimum atomic E-state index is -1.26. The van der Waals surface area contributed by atoms with Crippen LogP contribution in [-0.2, 0) is 16.0 Å². The van der Waals surface area contributed by atoms with Crippen LogP contribution < -0.4 is 4.90 Å². The summed E-state index contributed by atoms with van der Waals surface area (Å²) in [5.74, 6) is -0.780. The van der Waals surface area contributed by atoms with Gasteiger partial charge in [0.1, 0.15) is 22.3 Å². The maximum absolute atomic E-state index is 13.3. The zero-order valence-corrected chi connectivity index (χ0v) is 24.1. The first-order valence-electron chi connectivity index (χ1n) is 13.3. The standard InChI is InChI=1S/C29H34FN5O4S/c1-17-23(24(27(36)37)39-28(2,3)4)26(34-12-10-29(5,38)11-13-34)35-22(32-17)15-21(33-35)25-31-16-20(40-25)14-18-6-8-19(30)9-7-18/h6-9,15-16,24,38H,10-14H2,1-5H3,(H,36,37). The molecule has 4 aromatic rings. The molecule has 0 spiro atoms. The van der Waals surface area contributed by atoms with Gasteiger partial charge in [0.15, 0.2) is 11.8 Å². The van der Waals surface area contributed by atoms with E-state index in [4.69, 9.17) is 14.8 Å². The van der Waals surface area contributed by atoms with Crippen LogP contribution in [0, 0.1) is 12.7 Å². The Morgan fingerprint density at radius 2 is 1.90 bits per heavy atom. The second kappa shape index (κ2) is 10.5. The van der Waals surface area contributed by atoms with Gasteiger partial charge in [0.25, 0.3) is 0 Å². The average molecular weight is 568 g/mol. The van der Waals surface area contributed by atoms with Crippen LogP contribution in [0.5, 0.6) is 0 Å². The summed E-state index contributed by atoms with van der Waals surface area (Å²) >= 11 is 1.49. The number of halogens is 1. The Balaban J connectivity index is 1.59. The van der Waals surface area contributed by atoms with Gasteiger partial charge in [0, 0.05) is 42.3 Å². The number of aliphatic carboxylic acids is 1. The van der Waals surface area contributed by atoms with Crippen LogP contribution in [-0.4, -0.2) is 60.1 Å². The Kier molecular flexibility index (Phi) is 7.41.